The molecule has 0 saturated carbocycles. The van der Waals surface area contributed by atoms with Crippen LogP contribution in [0.25, 0.3) is 0 Å². The number of rotatable bonds is 7. The Kier molecular flexibility index (Phi) is 6.56. The van der Waals surface area contributed by atoms with Gasteiger partial charge in [-0.25, -0.2) is 18.0 Å². The maximum atomic E-state index is 12.8. The highest BCUT2D eigenvalue weighted by atomic mass is 32.2. The number of sulfonamides is 1. The van der Waals surface area contributed by atoms with Gasteiger partial charge in [-0.05, 0) is 54.6 Å². The van der Waals surface area contributed by atoms with Crippen LogP contribution in [0.3, 0.4) is 0 Å². The standard InChI is InChI=1S/C22H19NO7S/c1-28-21(24)15-12-16(22(25)29-2)14-17(13-15)23-31(26,27)20-10-8-19(9-11-20)30-18-6-4-3-5-7-18/h3-14,23H,1-2H3. The number of methoxy groups -OCH3 is 2. The van der Waals surface area contributed by atoms with E-state index in [-0.39, 0.29) is 21.7 Å². The third-order valence-corrected chi connectivity index (χ3v) is 5.54. The second-order valence-electron chi connectivity index (χ2n) is 6.27. The summed E-state index contributed by atoms with van der Waals surface area (Å²) in [5, 5.41) is 0. The molecule has 0 atom stereocenters. The van der Waals surface area contributed by atoms with E-state index in [1.54, 1.807) is 12.1 Å². The Morgan fingerprint density at radius 1 is 0.742 bits per heavy atom. The average Bonchev–Trinajstić information content (AvgIpc) is 2.78. The van der Waals surface area contributed by atoms with Crippen molar-refractivity contribution in [2.75, 3.05) is 18.9 Å². The number of carbonyl (C=O) groups excluding carboxylic acids is 2. The van der Waals surface area contributed by atoms with Gasteiger partial charge in [-0.1, -0.05) is 18.2 Å². The molecule has 0 fully saturated rings. The Morgan fingerprint density at radius 2 is 1.26 bits per heavy atom. The summed E-state index contributed by atoms with van der Waals surface area (Å²) in [5.74, 6) is -0.376. The molecule has 3 rings (SSSR count). The van der Waals surface area contributed by atoms with Gasteiger partial charge in [0.2, 0.25) is 0 Å². The van der Waals surface area contributed by atoms with Gasteiger partial charge in [0.05, 0.1) is 35.9 Å². The molecule has 0 radical (unpaired) electrons. The van der Waals surface area contributed by atoms with Crippen LogP contribution in [0.5, 0.6) is 11.5 Å². The van der Waals surface area contributed by atoms with Crippen LogP contribution in [0, 0.1) is 0 Å². The summed E-state index contributed by atoms with van der Waals surface area (Å²) in [7, 11) is -1.66. The fourth-order valence-electron chi connectivity index (χ4n) is 2.68. The van der Waals surface area contributed by atoms with Crippen LogP contribution < -0.4 is 9.46 Å². The Bertz CT molecular complexity index is 1160. The van der Waals surface area contributed by atoms with Gasteiger partial charge in [0.1, 0.15) is 11.5 Å². The zero-order valence-electron chi connectivity index (χ0n) is 16.7. The van der Waals surface area contributed by atoms with Gasteiger partial charge >= 0.3 is 11.9 Å². The Labute approximate surface area is 179 Å². The monoisotopic (exact) mass is 441 g/mol. The molecule has 0 spiro atoms. The third kappa shape index (κ3) is 5.40. The zero-order valence-corrected chi connectivity index (χ0v) is 17.5. The highest BCUT2D eigenvalue weighted by Gasteiger charge is 2.19. The molecule has 0 bridgehead atoms. The van der Waals surface area contributed by atoms with E-state index in [1.807, 2.05) is 18.2 Å². The van der Waals surface area contributed by atoms with Crippen molar-refractivity contribution < 1.29 is 32.2 Å². The third-order valence-electron chi connectivity index (χ3n) is 4.14. The number of para-hydroxylation sites is 1. The molecule has 0 heterocycles. The smallest absolute Gasteiger partial charge is 0.337 e. The summed E-state index contributed by atoms with van der Waals surface area (Å²) in [6.07, 6.45) is 0. The first kappa shape index (κ1) is 21.8. The van der Waals surface area contributed by atoms with Gasteiger partial charge in [0.15, 0.2) is 0 Å². The number of carbonyl (C=O) groups is 2. The molecule has 1 N–H and O–H groups in total. The molecule has 0 aliphatic rings. The van der Waals surface area contributed by atoms with Crippen LogP contribution in [0.2, 0.25) is 0 Å². The minimum atomic E-state index is -4.01. The van der Waals surface area contributed by atoms with E-state index >= 15 is 0 Å². The zero-order chi connectivity index (χ0) is 22.4. The van der Waals surface area contributed by atoms with Gasteiger partial charge in [-0.3, -0.25) is 4.72 Å². The Balaban J connectivity index is 1.85. The van der Waals surface area contributed by atoms with Crippen LogP contribution in [-0.4, -0.2) is 34.6 Å². The van der Waals surface area contributed by atoms with Crippen LogP contribution >= 0.6 is 0 Å². The number of esters is 2. The predicted molar refractivity (Wildman–Crippen MR) is 113 cm³/mol. The number of benzene rings is 3. The lowest BCUT2D eigenvalue weighted by Crippen LogP contribution is -2.15. The molecule has 3 aromatic carbocycles. The van der Waals surface area contributed by atoms with Gasteiger partial charge in [0, 0.05) is 0 Å². The maximum absolute atomic E-state index is 12.8. The summed E-state index contributed by atoms with van der Waals surface area (Å²) in [4.78, 5) is 23.7. The Morgan fingerprint density at radius 3 is 1.77 bits per heavy atom. The van der Waals surface area contributed by atoms with Gasteiger partial charge in [-0.2, -0.15) is 0 Å². The molecule has 0 unspecified atom stereocenters. The van der Waals surface area contributed by atoms with Crippen LogP contribution in [0.1, 0.15) is 20.7 Å². The first-order valence-electron chi connectivity index (χ1n) is 9.00. The van der Waals surface area contributed by atoms with E-state index in [0.717, 1.165) is 0 Å². The summed E-state index contributed by atoms with van der Waals surface area (Å²) in [6.45, 7) is 0. The fraction of sp³-hybridized carbons (Fsp3) is 0.0909. The highest BCUT2D eigenvalue weighted by molar-refractivity contribution is 7.92. The molecule has 0 aliphatic heterocycles. The first-order valence-corrected chi connectivity index (χ1v) is 10.5. The van der Waals surface area contributed by atoms with Crippen molar-refractivity contribution in [1.29, 1.82) is 0 Å². The van der Waals surface area contributed by atoms with Crippen LogP contribution in [0.15, 0.2) is 77.7 Å². The molecule has 3 aromatic rings. The minimum Gasteiger partial charge on any atom is -0.465 e. The van der Waals surface area contributed by atoms with E-state index < -0.39 is 22.0 Å². The van der Waals surface area contributed by atoms with Crippen molar-refractivity contribution >= 4 is 27.6 Å². The molecule has 0 aliphatic carbocycles. The van der Waals surface area contributed by atoms with E-state index in [9.17, 15) is 18.0 Å². The largest absolute Gasteiger partial charge is 0.465 e. The Hall–Kier alpha value is -3.85. The van der Waals surface area contributed by atoms with Crippen LogP contribution in [-0.2, 0) is 19.5 Å². The van der Waals surface area contributed by atoms with Gasteiger partial charge in [-0.15, -0.1) is 0 Å². The molecule has 8 nitrogen and oxygen atoms in total. The maximum Gasteiger partial charge on any atom is 0.337 e. The number of ether oxygens (including phenoxy) is 3. The second-order valence-corrected chi connectivity index (χ2v) is 7.96. The minimum absolute atomic E-state index is 0.00490. The van der Waals surface area contributed by atoms with Crippen molar-refractivity contribution in [2.45, 2.75) is 4.90 Å². The van der Waals surface area contributed by atoms with Crippen molar-refractivity contribution in [3.05, 3.63) is 83.9 Å². The molecule has 0 aromatic heterocycles. The SMILES string of the molecule is COC(=O)c1cc(NS(=O)(=O)c2ccc(Oc3ccccc3)cc2)cc(C(=O)OC)c1. The van der Waals surface area contributed by atoms with E-state index in [4.69, 9.17) is 4.74 Å². The molecule has 9 heteroatoms. The quantitative estimate of drug-likeness (QED) is 0.555. The molecule has 31 heavy (non-hydrogen) atoms. The topological polar surface area (TPSA) is 108 Å². The molecule has 0 amide bonds. The van der Waals surface area contributed by atoms with Gasteiger partial charge in [0.25, 0.3) is 10.0 Å². The fourth-order valence-corrected chi connectivity index (χ4v) is 3.72. The number of hydrogen-bond donors (Lipinski definition) is 1. The molecular weight excluding hydrogens is 422 g/mol. The van der Waals surface area contributed by atoms with E-state index in [0.29, 0.717) is 11.5 Å². The van der Waals surface area contributed by atoms with E-state index in [2.05, 4.69) is 14.2 Å². The lowest BCUT2D eigenvalue weighted by molar-refractivity contribution is 0.0599. The first-order chi connectivity index (χ1) is 14.8. The lowest BCUT2D eigenvalue weighted by atomic mass is 10.1. The second kappa shape index (κ2) is 9.31. The average molecular weight is 441 g/mol. The van der Waals surface area contributed by atoms with Crippen molar-refractivity contribution in [3.8, 4) is 11.5 Å². The highest BCUT2D eigenvalue weighted by Crippen LogP contribution is 2.25. The summed E-state index contributed by atoms with van der Waals surface area (Å²) < 4.78 is 42.9. The molecular formula is C22H19NO7S. The number of hydrogen-bond acceptors (Lipinski definition) is 7. The lowest BCUT2D eigenvalue weighted by Gasteiger charge is -2.12. The van der Waals surface area contributed by atoms with Crippen molar-refractivity contribution in [1.82, 2.24) is 0 Å². The van der Waals surface area contributed by atoms with Gasteiger partial charge < -0.3 is 14.2 Å². The van der Waals surface area contributed by atoms with E-state index in [1.165, 1.54) is 56.7 Å². The molecule has 0 saturated heterocycles. The number of anilines is 1. The summed E-state index contributed by atoms with van der Waals surface area (Å²) in [5.41, 5.74) is -0.00247. The van der Waals surface area contributed by atoms with Crippen molar-refractivity contribution in [2.24, 2.45) is 0 Å². The van der Waals surface area contributed by atoms with Crippen molar-refractivity contribution in [3.63, 3.8) is 0 Å². The van der Waals surface area contributed by atoms with Crippen LogP contribution in [0.4, 0.5) is 5.69 Å². The summed E-state index contributed by atoms with van der Waals surface area (Å²) in [6, 6.07) is 18.6. The summed E-state index contributed by atoms with van der Waals surface area (Å²) >= 11 is 0. The normalized spacial score (nSPS) is 10.8. The number of nitrogens with one attached hydrogen (secondary N) is 1. The predicted octanol–water partition coefficient (Wildman–Crippen LogP) is 3.85. The molecule has 160 valence electrons.